The third kappa shape index (κ3) is 3.43. The first-order chi connectivity index (χ1) is 9.98. The second-order valence-corrected chi connectivity index (χ2v) is 7.16. The van der Waals surface area contributed by atoms with Crippen LogP contribution in [0.2, 0.25) is 0 Å². The van der Waals surface area contributed by atoms with Crippen LogP contribution < -0.4 is 0 Å². The Morgan fingerprint density at radius 3 is 2.52 bits per heavy atom. The zero-order valence-corrected chi connectivity index (χ0v) is 13.3. The van der Waals surface area contributed by atoms with Crippen LogP contribution in [0.4, 0.5) is 0 Å². The number of piperazine rings is 1. The number of sulfonamides is 1. The van der Waals surface area contributed by atoms with Crippen LogP contribution >= 0.6 is 0 Å². The molecule has 0 amide bonds. The van der Waals surface area contributed by atoms with E-state index in [1.807, 2.05) is 6.92 Å². The lowest BCUT2D eigenvalue weighted by atomic mass is 10.1. The second kappa shape index (κ2) is 6.56. The first kappa shape index (κ1) is 15.9. The van der Waals surface area contributed by atoms with E-state index in [0.29, 0.717) is 26.2 Å². The number of nitriles is 1. The van der Waals surface area contributed by atoms with Gasteiger partial charge in [0.2, 0.25) is 10.0 Å². The van der Waals surface area contributed by atoms with E-state index in [-0.39, 0.29) is 10.9 Å². The van der Waals surface area contributed by atoms with E-state index in [4.69, 9.17) is 0 Å². The third-order valence-electron chi connectivity index (χ3n) is 3.74. The van der Waals surface area contributed by atoms with Gasteiger partial charge >= 0.3 is 0 Å². The Bertz CT molecular complexity index is 611. The Morgan fingerprint density at radius 1 is 1.38 bits per heavy atom. The van der Waals surface area contributed by atoms with E-state index < -0.39 is 10.0 Å². The minimum atomic E-state index is -3.47. The number of hydrogen-bond acceptors (Lipinski definition) is 5. The number of aromatic nitrogens is 2. The Labute approximate surface area is 125 Å². The molecular formula is C13H21N5O2S. The van der Waals surface area contributed by atoms with Crippen molar-refractivity contribution < 1.29 is 8.42 Å². The van der Waals surface area contributed by atoms with Gasteiger partial charge in [0.15, 0.2) is 0 Å². The molecule has 1 saturated heterocycles. The normalized spacial score (nSPS) is 19.3. The Balaban J connectivity index is 2.02. The van der Waals surface area contributed by atoms with Gasteiger partial charge in [0.1, 0.15) is 4.90 Å². The number of hydrogen-bond donors (Lipinski definition) is 0. The summed E-state index contributed by atoms with van der Waals surface area (Å²) in [7, 11) is -1.78. The Morgan fingerprint density at radius 2 is 2.05 bits per heavy atom. The predicted octanol–water partition coefficient (Wildman–Crippen LogP) is 0.419. The number of aryl methyl sites for hydroxylation is 1. The highest BCUT2D eigenvalue weighted by molar-refractivity contribution is 7.89. The zero-order chi connectivity index (χ0) is 15.5. The maximum Gasteiger partial charge on any atom is 0.246 e. The smallest absolute Gasteiger partial charge is 0.246 e. The molecule has 116 valence electrons. The van der Waals surface area contributed by atoms with Gasteiger partial charge in [-0.15, -0.1) is 0 Å². The molecule has 7 nitrogen and oxygen atoms in total. The van der Waals surface area contributed by atoms with E-state index in [1.54, 1.807) is 7.05 Å². The van der Waals surface area contributed by atoms with Gasteiger partial charge in [0.25, 0.3) is 0 Å². The highest BCUT2D eigenvalue weighted by atomic mass is 32.2. The molecule has 21 heavy (non-hydrogen) atoms. The molecule has 1 fully saturated rings. The molecule has 2 rings (SSSR count). The van der Waals surface area contributed by atoms with Crippen LogP contribution in [-0.4, -0.2) is 59.6 Å². The number of nitrogens with zero attached hydrogens (tertiary/aromatic N) is 5. The van der Waals surface area contributed by atoms with Gasteiger partial charge in [-0.05, 0) is 6.42 Å². The molecular weight excluding hydrogens is 290 g/mol. The van der Waals surface area contributed by atoms with Crippen molar-refractivity contribution in [3.8, 4) is 6.07 Å². The van der Waals surface area contributed by atoms with Gasteiger partial charge < -0.3 is 0 Å². The van der Waals surface area contributed by atoms with Crippen LogP contribution in [0.3, 0.4) is 0 Å². The van der Waals surface area contributed by atoms with Gasteiger partial charge in [-0.25, -0.2) is 8.42 Å². The molecule has 1 unspecified atom stereocenters. The van der Waals surface area contributed by atoms with Crippen LogP contribution in [0.1, 0.15) is 19.8 Å². The van der Waals surface area contributed by atoms with E-state index in [9.17, 15) is 13.7 Å². The quantitative estimate of drug-likeness (QED) is 0.787. The van der Waals surface area contributed by atoms with Crippen LogP contribution in [0, 0.1) is 11.3 Å². The van der Waals surface area contributed by atoms with Gasteiger partial charge in [-0.1, -0.05) is 13.3 Å². The van der Waals surface area contributed by atoms with E-state index in [1.165, 1.54) is 21.4 Å². The van der Waals surface area contributed by atoms with Crippen molar-refractivity contribution in [2.75, 3.05) is 26.2 Å². The molecule has 1 aromatic heterocycles. The molecule has 1 aromatic rings. The van der Waals surface area contributed by atoms with Crippen LogP contribution in [0.15, 0.2) is 17.3 Å². The molecule has 1 aliphatic heterocycles. The lowest BCUT2D eigenvalue weighted by Crippen LogP contribution is -2.51. The summed E-state index contributed by atoms with van der Waals surface area (Å²) in [4.78, 5) is 2.29. The lowest BCUT2D eigenvalue weighted by Gasteiger charge is -2.35. The molecule has 8 heteroatoms. The zero-order valence-electron chi connectivity index (χ0n) is 12.4. The summed E-state index contributed by atoms with van der Waals surface area (Å²) in [6.07, 6.45) is 4.66. The fraction of sp³-hybridized carbons (Fsp3) is 0.692. The highest BCUT2D eigenvalue weighted by Gasteiger charge is 2.31. The van der Waals surface area contributed by atoms with Crippen molar-refractivity contribution in [1.82, 2.24) is 19.0 Å². The Hall–Kier alpha value is -1.43. The number of rotatable bonds is 5. The minimum Gasteiger partial charge on any atom is -0.285 e. The first-order valence-corrected chi connectivity index (χ1v) is 8.55. The van der Waals surface area contributed by atoms with Gasteiger partial charge in [-0.3, -0.25) is 9.58 Å². The SMILES string of the molecule is CCCC(C#N)N1CCN(S(=O)(=O)c2cnn(C)c2)CC1. The fourth-order valence-corrected chi connectivity index (χ4v) is 3.95. The van der Waals surface area contributed by atoms with Crippen LogP contribution in [0.5, 0.6) is 0 Å². The van der Waals surface area contributed by atoms with Crippen LogP contribution in [0.25, 0.3) is 0 Å². The predicted molar refractivity (Wildman–Crippen MR) is 77.8 cm³/mol. The molecule has 0 radical (unpaired) electrons. The summed E-state index contributed by atoms with van der Waals surface area (Å²) in [6, 6.07) is 2.19. The molecule has 0 aliphatic carbocycles. The second-order valence-electron chi connectivity index (χ2n) is 5.22. The summed E-state index contributed by atoms with van der Waals surface area (Å²) >= 11 is 0. The molecule has 2 heterocycles. The van der Waals surface area contributed by atoms with Crippen molar-refractivity contribution in [2.24, 2.45) is 7.05 Å². The molecule has 1 atom stereocenters. The maximum atomic E-state index is 12.5. The van der Waals surface area contributed by atoms with E-state index in [2.05, 4.69) is 16.1 Å². The Kier molecular flexibility index (Phi) is 4.98. The molecule has 0 aromatic carbocycles. The summed E-state index contributed by atoms with van der Waals surface area (Å²) in [5.41, 5.74) is 0. The van der Waals surface area contributed by atoms with Gasteiger partial charge in [0, 0.05) is 39.4 Å². The summed E-state index contributed by atoms with van der Waals surface area (Å²) in [5, 5.41) is 13.1. The van der Waals surface area contributed by atoms with Crippen molar-refractivity contribution in [3.05, 3.63) is 12.4 Å². The molecule has 1 aliphatic rings. The summed E-state index contributed by atoms with van der Waals surface area (Å²) in [6.45, 7) is 4.07. The van der Waals surface area contributed by atoms with Crippen molar-refractivity contribution in [3.63, 3.8) is 0 Å². The topological polar surface area (TPSA) is 82.2 Å². The van der Waals surface area contributed by atoms with Crippen molar-refractivity contribution >= 4 is 10.0 Å². The average molecular weight is 311 g/mol. The summed E-state index contributed by atoms with van der Waals surface area (Å²) in [5.74, 6) is 0. The monoisotopic (exact) mass is 311 g/mol. The standard InChI is InChI=1S/C13H21N5O2S/c1-3-4-12(9-14)17-5-7-18(8-6-17)21(19,20)13-10-15-16(2)11-13/h10-12H,3-8H2,1-2H3. The summed E-state index contributed by atoms with van der Waals surface area (Å²) < 4.78 is 27.9. The molecule has 0 N–H and O–H groups in total. The third-order valence-corrected chi connectivity index (χ3v) is 5.60. The van der Waals surface area contributed by atoms with Gasteiger partial charge in [0.05, 0.1) is 18.3 Å². The average Bonchev–Trinajstić information content (AvgIpc) is 2.92. The van der Waals surface area contributed by atoms with Gasteiger partial charge in [-0.2, -0.15) is 14.7 Å². The molecule has 0 saturated carbocycles. The fourth-order valence-electron chi connectivity index (χ4n) is 2.54. The van der Waals surface area contributed by atoms with Crippen molar-refractivity contribution in [1.29, 1.82) is 5.26 Å². The first-order valence-electron chi connectivity index (χ1n) is 7.11. The molecule has 0 bridgehead atoms. The van der Waals surface area contributed by atoms with E-state index >= 15 is 0 Å². The lowest BCUT2D eigenvalue weighted by molar-refractivity contribution is 0.156. The minimum absolute atomic E-state index is 0.113. The largest absolute Gasteiger partial charge is 0.285 e. The highest BCUT2D eigenvalue weighted by Crippen LogP contribution is 2.18. The van der Waals surface area contributed by atoms with Crippen molar-refractivity contribution in [2.45, 2.75) is 30.7 Å². The van der Waals surface area contributed by atoms with Crippen LogP contribution in [-0.2, 0) is 17.1 Å². The molecule has 0 spiro atoms. The maximum absolute atomic E-state index is 12.5. The van der Waals surface area contributed by atoms with E-state index in [0.717, 1.165) is 12.8 Å².